The molecule has 0 saturated heterocycles. The number of ether oxygens (including phenoxy) is 2. The molecule has 0 spiro atoms. The molecule has 6 heteroatoms. The van der Waals surface area contributed by atoms with Gasteiger partial charge in [0.05, 0.1) is 12.2 Å². The fraction of sp³-hybridized carbons (Fsp3) is 0.200. The van der Waals surface area contributed by atoms with Crippen LogP contribution in [0.3, 0.4) is 0 Å². The molecule has 4 rings (SSSR count). The summed E-state index contributed by atoms with van der Waals surface area (Å²) < 4.78 is 11.3. The standard InChI is InChI=1S/C25H24N2O4/c1-17-8-9-18(2)22(12-17)30-15-24(28)26-20-10-11-21-23(13-20)31-16-25(29)27(21)14-19-6-4-3-5-7-19/h3-13H,14-16H2,1-2H3,(H,26,28). The van der Waals surface area contributed by atoms with Gasteiger partial charge in [-0.1, -0.05) is 42.5 Å². The number of hydrogen-bond acceptors (Lipinski definition) is 4. The van der Waals surface area contributed by atoms with E-state index in [1.807, 2.05) is 62.4 Å². The second kappa shape index (κ2) is 8.92. The van der Waals surface area contributed by atoms with E-state index in [1.54, 1.807) is 23.1 Å². The predicted molar refractivity (Wildman–Crippen MR) is 120 cm³/mol. The van der Waals surface area contributed by atoms with E-state index in [-0.39, 0.29) is 25.0 Å². The average Bonchev–Trinajstić information content (AvgIpc) is 2.77. The van der Waals surface area contributed by atoms with Crippen LogP contribution in [-0.2, 0) is 16.1 Å². The summed E-state index contributed by atoms with van der Waals surface area (Å²) in [6.45, 7) is 4.25. The Labute approximate surface area is 181 Å². The van der Waals surface area contributed by atoms with Gasteiger partial charge in [0.25, 0.3) is 11.8 Å². The van der Waals surface area contributed by atoms with Crippen molar-refractivity contribution in [1.29, 1.82) is 0 Å². The van der Waals surface area contributed by atoms with Crippen LogP contribution in [0.1, 0.15) is 16.7 Å². The van der Waals surface area contributed by atoms with Gasteiger partial charge < -0.3 is 19.7 Å². The number of nitrogens with one attached hydrogen (secondary N) is 1. The minimum Gasteiger partial charge on any atom is -0.483 e. The van der Waals surface area contributed by atoms with Crippen LogP contribution in [0.5, 0.6) is 11.5 Å². The number of nitrogens with zero attached hydrogens (tertiary/aromatic N) is 1. The monoisotopic (exact) mass is 416 g/mol. The van der Waals surface area contributed by atoms with Gasteiger partial charge in [0.2, 0.25) is 0 Å². The zero-order valence-corrected chi connectivity index (χ0v) is 17.6. The van der Waals surface area contributed by atoms with Crippen LogP contribution < -0.4 is 19.7 Å². The van der Waals surface area contributed by atoms with Gasteiger partial charge in [0.15, 0.2) is 13.2 Å². The number of rotatable bonds is 6. The number of carbonyl (C=O) groups excluding carboxylic acids is 2. The number of hydrogen-bond donors (Lipinski definition) is 1. The van der Waals surface area contributed by atoms with Gasteiger partial charge in [-0.05, 0) is 48.7 Å². The van der Waals surface area contributed by atoms with Crippen molar-refractivity contribution in [1.82, 2.24) is 0 Å². The molecular formula is C25H24N2O4. The van der Waals surface area contributed by atoms with Crippen molar-refractivity contribution >= 4 is 23.2 Å². The molecule has 31 heavy (non-hydrogen) atoms. The van der Waals surface area contributed by atoms with Gasteiger partial charge in [-0.2, -0.15) is 0 Å². The molecule has 1 heterocycles. The van der Waals surface area contributed by atoms with E-state index >= 15 is 0 Å². The zero-order valence-electron chi connectivity index (χ0n) is 17.6. The number of benzene rings is 3. The summed E-state index contributed by atoms with van der Waals surface area (Å²) in [5.41, 5.74) is 4.35. The van der Waals surface area contributed by atoms with Crippen LogP contribution in [0.2, 0.25) is 0 Å². The Kier molecular flexibility index (Phi) is 5.89. The Hall–Kier alpha value is -3.80. The summed E-state index contributed by atoms with van der Waals surface area (Å²) in [4.78, 5) is 26.5. The van der Waals surface area contributed by atoms with E-state index < -0.39 is 0 Å². The third-order valence-corrected chi connectivity index (χ3v) is 5.07. The molecule has 0 aromatic heterocycles. The minimum atomic E-state index is -0.270. The molecule has 0 bridgehead atoms. The van der Waals surface area contributed by atoms with Gasteiger partial charge in [-0.25, -0.2) is 0 Å². The minimum absolute atomic E-state index is 0.0347. The maximum atomic E-state index is 12.4. The molecule has 1 aliphatic rings. The van der Waals surface area contributed by atoms with E-state index in [4.69, 9.17) is 9.47 Å². The maximum Gasteiger partial charge on any atom is 0.265 e. The largest absolute Gasteiger partial charge is 0.483 e. The summed E-state index contributed by atoms with van der Waals surface area (Å²) in [5.74, 6) is 0.881. The Balaban J connectivity index is 1.43. The molecule has 0 unspecified atom stereocenters. The number of anilines is 2. The first-order valence-corrected chi connectivity index (χ1v) is 10.1. The molecule has 158 valence electrons. The highest BCUT2D eigenvalue weighted by Gasteiger charge is 2.26. The molecule has 2 amide bonds. The van der Waals surface area contributed by atoms with Crippen LogP contribution in [0.4, 0.5) is 11.4 Å². The van der Waals surface area contributed by atoms with Gasteiger partial charge >= 0.3 is 0 Å². The lowest BCUT2D eigenvalue weighted by molar-refractivity contribution is -0.121. The second-order valence-electron chi connectivity index (χ2n) is 7.54. The van der Waals surface area contributed by atoms with E-state index in [1.165, 1.54) is 0 Å². The summed E-state index contributed by atoms with van der Waals surface area (Å²) in [6.07, 6.45) is 0. The van der Waals surface area contributed by atoms with E-state index in [0.29, 0.717) is 29.4 Å². The quantitative estimate of drug-likeness (QED) is 0.652. The van der Waals surface area contributed by atoms with Crippen molar-refractivity contribution in [2.45, 2.75) is 20.4 Å². The van der Waals surface area contributed by atoms with Gasteiger partial charge in [0, 0.05) is 11.8 Å². The van der Waals surface area contributed by atoms with Gasteiger partial charge in [0.1, 0.15) is 11.5 Å². The summed E-state index contributed by atoms with van der Waals surface area (Å²) in [7, 11) is 0. The van der Waals surface area contributed by atoms with Crippen molar-refractivity contribution in [3.8, 4) is 11.5 Å². The predicted octanol–water partition coefficient (Wildman–Crippen LogP) is 4.25. The fourth-order valence-corrected chi connectivity index (χ4v) is 3.42. The number of aryl methyl sites for hydroxylation is 2. The molecule has 0 radical (unpaired) electrons. The van der Waals surface area contributed by atoms with E-state index in [2.05, 4.69) is 5.32 Å². The smallest absolute Gasteiger partial charge is 0.265 e. The van der Waals surface area contributed by atoms with Crippen LogP contribution in [0.15, 0.2) is 66.7 Å². The third-order valence-electron chi connectivity index (χ3n) is 5.07. The number of carbonyl (C=O) groups is 2. The summed E-state index contributed by atoms with van der Waals surface area (Å²) in [5, 5.41) is 2.82. The Morgan fingerprint density at radius 1 is 1.06 bits per heavy atom. The van der Waals surface area contributed by atoms with Crippen LogP contribution in [0.25, 0.3) is 0 Å². The lowest BCUT2D eigenvalue weighted by Crippen LogP contribution is -2.38. The summed E-state index contributed by atoms with van der Waals surface area (Å²) >= 11 is 0. The van der Waals surface area contributed by atoms with E-state index in [9.17, 15) is 9.59 Å². The molecule has 0 aliphatic carbocycles. The molecular weight excluding hydrogens is 392 g/mol. The number of amides is 2. The lowest BCUT2D eigenvalue weighted by atomic mass is 10.1. The summed E-state index contributed by atoms with van der Waals surface area (Å²) in [6, 6.07) is 20.9. The SMILES string of the molecule is Cc1ccc(C)c(OCC(=O)Nc2ccc3c(c2)OCC(=O)N3Cc2ccccc2)c1. The Bertz CT molecular complexity index is 1110. The van der Waals surface area contributed by atoms with Crippen LogP contribution >= 0.6 is 0 Å². The molecule has 0 saturated carbocycles. The first-order chi connectivity index (χ1) is 15.0. The molecule has 3 aromatic carbocycles. The first kappa shape index (κ1) is 20.5. The highest BCUT2D eigenvalue weighted by Crippen LogP contribution is 2.35. The highest BCUT2D eigenvalue weighted by molar-refractivity contribution is 5.99. The molecule has 0 fully saturated rings. The Morgan fingerprint density at radius 2 is 1.87 bits per heavy atom. The molecule has 1 aliphatic heterocycles. The second-order valence-corrected chi connectivity index (χ2v) is 7.54. The van der Waals surface area contributed by atoms with Crippen molar-refractivity contribution in [3.63, 3.8) is 0 Å². The van der Waals surface area contributed by atoms with Crippen molar-refractivity contribution in [3.05, 3.63) is 83.4 Å². The zero-order chi connectivity index (χ0) is 21.8. The van der Waals surface area contributed by atoms with Crippen molar-refractivity contribution < 1.29 is 19.1 Å². The molecule has 3 aromatic rings. The first-order valence-electron chi connectivity index (χ1n) is 10.1. The number of fused-ring (bicyclic) bond motifs is 1. The van der Waals surface area contributed by atoms with E-state index in [0.717, 1.165) is 16.7 Å². The van der Waals surface area contributed by atoms with Crippen molar-refractivity contribution in [2.75, 3.05) is 23.4 Å². The lowest BCUT2D eigenvalue weighted by Gasteiger charge is -2.29. The molecule has 0 atom stereocenters. The average molecular weight is 416 g/mol. The molecule has 6 nitrogen and oxygen atoms in total. The fourth-order valence-electron chi connectivity index (χ4n) is 3.42. The normalized spacial score (nSPS) is 12.7. The van der Waals surface area contributed by atoms with Crippen LogP contribution in [0, 0.1) is 13.8 Å². The molecule has 1 N–H and O–H groups in total. The van der Waals surface area contributed by atoms with Gasteiger partial charge in [-0.15, -0.1) is 0 Å². The Morgan fingerprint density at radius 3 is 2.68 bits per heavy atom. The maximum absolute atomic E-state index is 12.4. The highest BCUT2D eigenvalue weighted by atomic mass is 16.5. The third kappa shape index (κ3) is 4.86. The topological polar surface area (TPSA) is 67.9 Å². The van der Waals surface area contributed by atoms with Crippen LogP contribution in [-0.4, -0.2) is 25.0 Å². The van der Waals surface area contributed by atoms with Gasteiger partial charge in [-0.3, -0.25) is 9.59 Å². The van der Waals surface area contributed by atoms with Crippen molar-refractivity contribution in [2.24, 2.45) is 0 Å².